The number of hydrogen-bond acceptors (Lipinski definition) is 8. The molecule has 0 bridgehead atoms. The lowest BCUT2D eigenvalue weighted by molar-refractivity contribution is 0.582. The molecule has 2 saturated heterocycles. The van der Waals surface area contributed by atoms with Gasteiger partial charge in [0.05, 0.1) is 16.0 Å². The lowest BCUT2D eigenvalue weighted by Gasteiger charge is -2.25. The number of aryl methyl sites for hydroxylation is 1. The molecule has 7 nitrogen and oxygen atoms in total. The number of piperidine rings is 1. The van der Waals surface area contributed by atoms with E-state index in [4.69, 9.17) is 4.98 Å². The molecule has 3 fully saturated rings. The monoisotopic (exact) mass is 469 g/mol. The van der Waals surface area contributed by atoms with Crippen molar-refractivity contribution in [2.24, 2.45) is 17.8 Å². The van der Waals surface area contributed by atoms with Crippen LogP contribution in [-0.4, -0.2) is 54.8 Å². The molecular formula is C23H27N5O2S2. The Morgan fingerprint density at radius 3 is 2.62 bits per heavy atom. The smallest absolute Gasteiger partial charge is 0.227 e. The van der Waals surface area contributed by atoms with Crippen molar-refractivity contribution in [1.82, 2.24) is 15.0 Å². The summed E-state index contributed by atoms with van der Waals surface area (Å²) in [5, 5.41) is 0. The van der Waals surface area contributed by atoms with Gasteiger partial charge in [-0.15, -0.1) is 11.3 Å². The van der Waals surface area contributed by atoms with E-state index in [1.807, 2.05) is 31.2 Å². The largest absolute Gasteiger partial charge is 0.356 e. The fraction of sp³-hybridized carbons (Fsp3) is 0.522. The molecule has 3 aromatic rings. The number of para-hydroxylation sites is 1. The van der Waals surface area contributed by atoms with Crippen molar-refractivity contribution in [2.45, 2.75) is 37.1 Å². The molecule has 1 saturated carbocycles. The van der Waals surface area contributed by atoms with Crippen LogP contribution in [0.2, 0.25) is 0 Å². The van der Waals surface area contributed by atoms with Crippen molar-refractivity contribution < 1.29 is 8.42 Å². The van der Waals surface area contributed by atoms with Crippen molar-refractivity contribution in [3.05, 3.63) is 36.0 Å². The van der Waals surface area contributed by atoms with Crippen molar-refractivity contribution >= 4 is 43.2 Å². The third kappa shape index (κ3) is 3.46. The second-order valence-corrected chi connectivity index (χ2v) is 12.7. The van der Waals surface area contributed by atoms with E-state index < -0.39 is 9.84 Å². The number of hydrogen-bond donors (Lipinski definition) is 0. The molecule has 0 radical (unpaired) electrons. The summed E-state index contributed by atoms with van der Waals surface area (Å²) in [4.78, 5) is 18.6. The third-order valence-corrected chi connectivity index (χ3v) is 10.6. The molecule has 9 heteroatoms. The maximum atomic E-state index is 13.0. The van der Waals surface area contributed by atoms with Crippen LogP contribution in [0.4, 0.5) is 11.8 Å². The highest BCUT2D eigenvalue weighted by molar-refractivity contribution is 7.93. The Kier molecular flexibility index (Phi) is 4.69. The number of sulfone groups is 1. The van der Waals surface area contributed by atoms with E-state index >= 15 is 0 Å². The van der Waals surface area contributed by atoms with E-state index in [1.54, 1.807) is 0 Å². The minimum Gasteiger partial charge on any atom is -0.356 e. The van der Waals surface area contributed by atoms with Crippen molar-refractivity contribution in [2.75, 3.05) is 35.2 Å². The molecule has 4 heterocycles. The lowest BCUT2D eigenvalue weighted by atomic mass is 10.2. The second-order valence-electron chi connectivity index (χ2n) is 9.48. The van der Waals surface area contributed by atoms with E-state index in [9.17, 15) is 8.42 Å². The summed E-state index contributed by atoms with van der Waals surface area (Å²) in [6.45, 7) is 7.02. The van der Waals surface area contributed by atoms with Gasteiger partial charge in [-0.25, -0.2) is 18.4 Å². The van der Waals surface area contributed by atoms with Crippen LogP contribution >= 0.6 is 11.3 Å². The highest BCUT2D eigenvalue weighted by Gasteiger charge is 2.57. The first-order valence-electron chi connectivity index (χ1n) is 11.3. The normalized spacial score (nSPS) is 27.3. The van der Waals surface area contributed by atoms with Gasteiger partial charge in [0.15, 0.2) is 0 Å². The summed E-state index contributed by atoms with van der Waals surface area (Å²) < 4.78 is 27.2. The van der Waals surface area contributed by atoms with Gasteiger partial charge in [-0.05, 0) is 56.6 Å². The number of rotatable bonds is 5. The first kappa shape index (κ1) is 20.4. The van der Waals surface area contributed by atoms with Crippen molar-refractivity contribution in [3.63, 3.8) is 0 Å². The van der Waals surface area contributed by atoms with Crippen LogP contribution in [0.5, 0.6) is 0 Å². The van der Waals surface area contributed by atoms with Gasteiger partial charge in [0.25, 0.3) is 0 Å². The highest BCUT2D eigenvalue weighted by atomic mass is 32.2. The second kappa shape index (κ2) is 7.38. The summed E-state index contributed by atoms with van der Waals surface area (Å²) in [6, 6.07) is 10.1. The molecule has 2 aliphatic heterocycles. The summed E-state index contributed by atoms with van der Waals surface area (Å²) in [5.74, 6) is 3.08. The third-order valence-electron chi connectivity index (χ3n) is 7.29. The zero-order valence-corrected chi connectivity index (χ0v) is 19.9. The Hall–Kier alpha value is -2.26. The lowest BCUT2D eigenvalue weighted by Crippen LogP contribution is -2.31. The van der Waals surface area contributed by atoms with Crippen LogP contribution < -0.4 is 9.80 Å². The minimum absolute atomic E-state index is 0.204. The molecule has 168 valence electrons. The molecule has 0 amide bonds. The Morgan fingerprint density at radius 2 is 1.91 bits per heavy atom. The fourth-order valence-electron chi connectivity index (χ4n) is 5.45. The first-order valence-corrected chi connectivity index (χ1v) is 13.8. The van der Waals surface area contributed by atoms with E-state index in [0.29, 0.717) is 17.9 Å². The van der Waals surface area contributed by atoms with Crippen LogP contribution in [0.25, 0.3) is 10.2 Å². The highest BCUT2D eigenvalue weighted by Crippen LogP contribution is 2.53. The standard InChI is InChI=1S/C23H27N5O2S2/c1-14-10-21(26-22(24-14)28-9-5-6-15(28)2)27-11-16-17(12-27)18(16)13-32(29,30)23-25-19-7-3-4-8-20(19)31-23/h3-4,7-8,10,15-18H,5-6,9,11-13H2,1-2H3/t15-,16-,17+,18+/m0/s1. The minimum atomic E-state index is -3.36. The SMILES string of the molecule is Cc1cc(N2C[C@@H]3[C@H](C2)[C@H]3CS(=O)(=O)c2nc3ccccc3s2)nc(N2CCC[C@@H]2C)n1. The molecule has 3 aliphatic rings. The number of fused-ring (bicyclic) bond motifs is 2. The Morgan fingerprint density at radius 1 is 1.12 bits per heavy atom. The van der Waals surface area contributed by atoms with E-state index in [2.05, 4.69) is 32.8 Å². The predicted octanol–water partition coefficient (Wildman–Crippen LogP) is 3.54. The molecule has 6 rings (SSSR count). The molecule has 0 N–H and O–H groups in total. The molecule has 4 atom stereocenters. The van der Waals surface area contributed by atoms with Crippen molar-refractivity contribution in [1.29, 1.82) is 0 Å². The summed E-state index contributed by atoms with van der Waals surface area (Å²) >= 11 is 1.28. The first-order chi connectivity index (χ1) is 15.4. The number of nitrogens with zero attached hydrogens (tertiary/aromatic N) is 5. The topological polar surface area (TPSA) is 79.3 Å². The number of aromatic nitrogens is 3. The zero-order valence-electron chi connectivity index (χ0n) is 18.3. The van der Waals surface area contributed by atoms with Gasteiger partial charge in [-0.1, -0.05) is 12.1 Å². The zero-order chi connectivity index (χ0) is 22.0. The molecule has 0 spiro atoms. The number of thiazole rings is 1. The average Bonchev–Trinajstić information content (AvgIpc) is 3.25. The maximum Gasteiger partial charge on any atom is 0.227 e. The maximum absolute atomic E-state index is 13.0. The molecular weight excluding hydrogens is 442 g/mol. The Bertz CT molecular complexity index is 1250. The average molecular weight is 470 g/mol. The number of anilines is 2. The van der Waals surface area contributed by atoms with Gasteiger partial charge in [0.1, 0.15) is 5.82 Å². The van der Waals surface area contributed by atoms with Crippen LogP contribution in [0.15, 0.2) is 34.7 Å². The van der Waals surface area contributed by atoms with Crippen LogP contribution in [0.1, 0.15) is 25.5 Å². The van der Waals surface area contributed by atoms with Gasteiger partial charge in [-0.2, -0.15) is 4.98 Å². The molecule has 2 aromatic heterocycles. The molecule has 1 aliphatic carbocycles. The summed E-state index contributed by atoms with van der Waals surface area (Å²) in [7, 11) is -3.36. The van der Waals surface area contributed by atoms with E-state index in [1.165, 1.54) is 24.2 Å². The fourth-order valence-corrected chi connectivity index (χ4v) is 8.51. The van der Waals surface area contributed by atoms with Gasteiger partial charge in [0, 0.05) is 37.4 Å². The van der Waals surface area contributed by atoms with Gasteiger partial charge in [0.2, 0.25) is 20.1 Å². The quantitative estimate of drug-likeness (QED) is 0.565. The number of benzene rings is 1. The summed E-state index contributed by atoms with van der Waals surface area (Å²) in [6.07, 6.45) is 2.37. The Labute approximate surface area is 192 Å². The van der Waals surface area contributed by atoms with E-state index in [-0.39, 0.29) is 16.0 Å². The molecule has 32 heavy (non-hydrogen) atoms. The molecule has 1 aromatic carbocycles. The van der Waals surface area contributed by atoms with Crippen LogP contribution in [-0.2, 0) is 9.84 Å². The van der Waals surface area contributed by atoms with Gasteiger partial charge >= 0.3 is 0 Å². The van der Waals surface area contributed by atoms with Gasteiger partial charge in [-0.3, -0.25) is 0 Å². The molecule has 0 unspecified atom stereocenters. The Balaban J connectivity index is 1.15. The van der Waals surface area contributed by atoms with Crippen molar-refractivity contribution in [3.8, 4) is 0 Å². The van der Waals surface area contributed by atoms with Crippen LogP contribution in [0, 0.1) is 24.7 Å². The predicted molar refractivity (Wildman–Crippen MR) is 127 cm³/mol. The summed E-state index contributed by atoms with van der Waals surface area (Å²) in [5.41, 5.74) is 1.75. The van der Waals surface area contributed by atoms with E-state index in [0.717, 1.165) is 47.3 Å². The van der Waals surface area contributed by atoms with Crippen LogP contribution in [0.3, 0.4) is 0 Å². The van der Waals surface area contributed by atoms with Gasteiger partial charge < -0.3 is 9.80 Å².